The Morgan fingerprint density at radius 3 is 2.65 bits per heavy atom. The van der Waals surface area contributed by atoms with Crippen molar-refractivity contribution in [2.75, 3.05) is 5.32 Å². The minimum atomic E-state index is -0.234. The van der Waals surface area contributed by atoms with Crippen molar-refractivity contribution < 1.29 is 0 Å². The largest absolute Gasteiger partial charge is 0.323 e. The Labute approximate surface area is 142 Å². The highest BCUT2D eigenvalue weighted by molar-refractivity contribution is 6.42. The van der Waals surface area contributed by atoms with Crippen LogP contribution in [0.25, 0.3) is 5.70 Å². The van der Waals surface area contributed by atoms with E-state index in [0.29, 0.717) is 16.0 Å². The van der Waals surface area contributed by atoms with Gasteiger partial charge in [0.2, 0.25) is 5.95 Å². The van der Waals surface area contributed by atoms with Crippen molar-refractivity contribution >= 4 is 34.8 Å². The van der Waals surface area contributed by atoms with E-state index >= 15 is 0 Å². The molecule has 23 heavy (non-hydrogen) atoms. The van der Waals surface area contributed by atoms with Crippen molar-refractivity contribution in [3.63, 3.8) is 0 Å². The van der Waals surface area contributed by atoms with Gasteiger partial charge in [-0.05, 0) is 28.1 Å². The molecule has 7 heteroatoms. The molecule has 0 saturated carbocycles. The second-order valence-corrected chi connectivity index (χ2v) is 5.89. The van der Waals surface area contributed by atoms with Crippen molar-refractivity contribution in [2.24, 2.45) is 0 Å². The van der Waals surface area contributed by atoms with Gasteiger partial charge in [-0.25, -0.2) is 0 Å². The number of hydrogen-bond donors (Lipinski definition) is 1. The van der Waals surface area contributed by atoms with Gasteiger partial charge < -0.3 is 5.32 Å². The van der Waals surface area contributed by atoms with Crippen LogP contribution in [0, 0.1) is 0 Å². The number of halogens is 2. The summed E-state index contributed by atoms with van der Waals surface area (Å²) in [5.74, 6) is 0.562. The third kappa shape index (κ3) is 2.48. The summed E-state index contributed by atoms with van der Waals surface area (Å²) >= 11 is 12.5. The zero-order valence-corrected chi connectivity index (χ0v) is 13.3. The smallest absolute Gasteiger partial charge is 0.248 e. The predicted molar refractivity (Wildman–Crippen MR) is 90.5 cm³/mol. The first-order valence-corrected chi connectivity index (χ1v) is 7.75. The molecule has 1 aromatic heterocycles. The Morgan fingerprint density at radius 2 is 1.83 bits per heavy atom. The van der Waals surface area contributed by atoms with Crippen LogP contribution in [0.15, 0.2) is 54.6 Å². The molecule has 0 fully saturated rings. The highest BCUT2D eigenvalue weighted by atomic mass is 35.5. The molecule has 1 atom stereocenters. The number of tetrazole rings is 1. The number of nitrogens with zero attached hydrogens (tertiary/aromatic N) is 4. The molecule has 114 valence electrons. The molecule has 4 rings (SSSR count). The molecule has 2 heterocycles. The van der Waals surface area contributed by atoms with Gasteiger partial charge >= 0.3 is 0 Å². The Morgan fingerprint density at radius 1 is 1.00 bits per heavy atom. The number of aromatic nitrogens is 4. The fourth-order valence-corrected chi connectivity index (χ4v) is 3.03. The van der Waals surface area contributed by atoms with E-state index in [1.54, 1.807) is 10.7 Å². The Balaban J connectivity index is 1.87. The van der Waals surface area contributed by atoms with Crippen LogP contribution in [0.5, 0.6) is 0 Å². The summed E-state index contributed by atoms with van der Waals surface area (Å²) in [6.45, 7) is 0. The second-order valence-electron chi connectivity index (χ2n) is 5.11. The molecular weight excluding hydrogens is 333 g/mol. The summed E-state index contributed by atoms with van der Waals surface area (Å²) in [7, 11) is 0. The summed E-state index contributed by atoms with van der Waals surface area (Å²) in [5, 5.41) is 16.1. The molecule has 0 aliphatic carbocycles. The molecule has 2 aromatic carbocycles. The molecule has 1 aliphatic rings. The third-order valence-electron chi connectivity index (χ3n) is 3.71. The van der Waals surface area contributed by atoms with Crippen LogP contribution < -0.4 is 5.32 Å². The van der Waals surface area contributed by atoms with Crippen molar-refractivity contribution in [1.29, 1.82) is 0 Å². The van der Waals surface area contributed by atoms with E-state index in [-0.39, 0.29) is 6.04 Å². The van der Waals surface area contributed by atoms with Crippen LogP contribution in [0.3, 0.4) is 0 Å². The van der Waals surface area contributed by atoms with E-state index in [9.17, 15) is 0 Å². The quantitative estimate of drug-likeness (QED) is 0.762. The van der Waals surface area contributed by atoms with Crippen LogP contribution in [0.4, 0.5) is 5.95 Å². The molecular formula is C16H11Cl2N5. The van der Waals surface area contributed by atoms with Gasteiger partial charge in [-0.3, -0.25) is 0 Å². The number of hydrogen-bond acceptors (Lipinski definition) is 4. The molecule has 3 aromatic rings. The van der Waals surface area contributed by atoms with Crippen molar-refractivity contribution in [2.45, 2.75) is 6.04 Å². The standard InChI is InChI=1S/C16H11Cl2N5/c17-12-8-4-7-11(15(12)18)14-9-13(10-5-2-1-3-6-10)19-16-20-21-22-23(14)16/h1-9,14H,(H,19,20,22)/t14-/m1/s1. The molecule has 0 radical (unpaired) electrons. The summed E-state index contributed by atoms with van der Waals surface area (Å²) in [5.41, 5.74) is 2.82. The van der Waals surface area contributed by atoms with Crippen molar-refractivity contribution in [1.82, 2.24) is 20.2 Å². The molecule has 5 nitrogen and oxygen atoms in total. The number of rotatable bonds is 2. The third-order valence-corrected chi connectivity index (χ3v) is 4.55. The fraction of sp³-hybridized carbons (Fsp3) is 0.0625. The minimum Gasteiger partial charge on any atom is -0.323 e. The number of allylic oxidation sites excluding steroid dienone is 1. The Kier molecular flexibility index (Phi) is 3.52. The monoisotopic (exact) mass is 343 g/mol. The Bertz CT molecular complexity index is 888. The lowest BCUT2D eigenvalue weighted by Crippen LogP contribution is -2.20. The van der Waals surface area contributed by atoms with Gasteiger partial charge in [-0.15, -0.1) is 0 Å². The molecule has 0 unspecified atom stereocenters. The van der Waals surface area contributed by atoms with Crippen LogP contribution in [-0.4, -0.2) is 20.2 Å². The lowest BCUT2D eigenvalue weighted by molar-refractivity contribution is 0.586. The van der Waals surface area contributed by atoms with E-state index in [2.05, 4.69) is 20.8 Å². The van der Waals surface area contributed by atoms with Crippen LogP contribution >= 0.6 is 23.2 Å². The van der Waals surface area contributed by atoms with Gasteiger partial charge in [0.05, 0.1) is 10.0 Å². The maximum atomic E-state index is 6.39. The zero-order valence-electron chi connectivity index (χ0n) is 11.8. The first-order chi connectivity index (χ1) is 11.2. The van der Waals surface area contributed by atoms with E-state index in [0.717, 1.165) is 16.8 Å². The molecule has 0 spiro atoms. The average molecular weight is 344 g/mol. The van der Waals surface area contributed by atoms with Gasteiger partial charge in [-0.1, -0.05) is 70.8 Å². The van der Waals surface area contributed by atoms with E-state index in [1.807, 2.05) is 48.5 Å². The summed E-state index contributed by atoms with van der Waals surface area (Å²) in [6, 6.07) is 15.3. The van der Waals surface area contributed by atoms with Gasteiger partial charge in [0.1, 0.15) is 6.04 Å². The first-order valence-electron chi connectivity index (χ1n) is 7.00. The fourth-order valence-electron chi connectivity index (χ4n) is 2.61. The molecule has 0 bridgehead atoms. The maximum absolute atomic E-state index is 6.39. The van der Waals surface area contributed by atoms with E-state index in [4.69, 9.17) is 23.2 Å². The first kappa shape index (κ1) is 14.2. The van der Waals surface area contributed by atoms with Crippen molar-refractivity contribution in [3.8, 4) is 0 Å². The SMILES string of the molecule is Clc1cccc([C@H]2C=C(c3ccccc3)Nc3nnnn32)c1Cl. The number of fused-ring (bicyclic) bond motifs is 1. The van der Waals surface area contributed by atoms with Gasteiger partial charge in [0.25, 0.3) is 0 Å². The highest BCUT2D eigenvalue weighted by Gasteiger charge is 2.26. The van der Waals surface area contributed by atoms with Gasteiger partial charge in [0.15, 0.2) is 0 Å². The Hall–Kier alpha value is -2.37. The average Bonchev–Trinajstić information content (AvgIpc) is 3.06. The zero-order chi connectivity index (χ0) is 15.8. The van der Waals surface area contributed by atoms with Crippen molar-refractivity contribution in [3.05, 3.63) is 75.8 Å². The molecule has 1 aliphatic heterocycles. The van der Waals surface area contributed by atoms with Crippen LogP contribution in [0.2, 0.25) is 10.0 Å². The number of benzene rings is 2. The minimum absolute atomic E-state index is 0.234. The lowest BCUT2D eigenvalue weighted by atomic mass is 10.0. The van der Waals surface area contributed by atoms with E-state index < -0.39 is 0 Å². The molecule has 0 saturated heterocycles. The predicted octanol–water partition coefficient (Wildman–Crippen LogP) is 4.04. The van der Waals surface area contributed by atoms with Gasteiger partial charge in [-0.2, -0.15) is 4.68 Å². The lowest BCUT2D eigenvalue weighted by Gasteiger charge is -2.24. The number of nitrogens with one attached hydrogen (secondary N) is 1. The second kappa shape index (κ2) is 5.68. The summed E-state index contributed by atoms with van der Waals surface area (Å²) in [6.07, 6.45) is 2.04. The molecule has 0 amide bonds. The molecule has 1 N–H and O–H groups in total. The summed E-state index contributed by atoms with van der Waals surface area (Å²) < 4.78 is 1.68. The van der Waals surface area contributed by atoms with E-state index in [1.165, 1.54) is 0 Å². The maximum Gasteiger partial charge on any atom is 0.248 e. The van der Waals surface area contributed by atoms with Crippen LogP contribution in [-0.2, 0) is 0 Å². The highest BCUT2D eigenvalue weighted by Crippen LogP contribution is 2.37. The van der Waals surface area contributed by atoms with Gasteiger partial charge in [0, 0.05) is 11.3 Å². The summed E-state index contributed by atoms with van der Waals surface area (Å²) in [4.78, 5) is 0. The number of anilines is 1. The van der Waals surface area contributed by atoms with Crippen LogP contribution in [0.1, 0.15) is 17.2 Å². The topological polar surface area (TPSA) is 55.6 Å². The normalized spacial score (nSPS) is 16.4.